The molecule has 0 radical (unpaired) electrons. The van der Waals surface area contributed by atoms with Crippen LogP contribution in [0, 0.1) is 23.2 Å². The van der Waals surface area contributed by atoms with Gasteiger partial charge >= 0.3 is 5.97 Å². The minimum absolute atomic E-state index is 0.136. The van der Waals surface area contributed by atoms with E-state index >= 15 is 0 Å². The highest BCUT2D eigenvalue weighted by Crippen LogP contribution is 2.56. The van der Waals surface area contributed by atoms with Crippen molar-refractivity contribution in [3.05, 3.63) is 71.8 Å². The molecule has 2 aliphatic carbocycles. The molecule has 1 atom stereocenters. The molecule has 1 N–H and O–H groups in total. The van der Waals surface area contributed by atoms with Crippen LogP contribution in [0.1, 0.15) is 81.8 Å². The summed E-state index contributed by atoms with van der Waals surface area (Å²) in [5.41, 5.74) is 2.46. The standard InChI is InChI=1S/C30H40O2/c31-29(32)28(22-21-24-13-5-1-6-14-24)30(26-17-9-3-10-18-26,27-19-11-4-12-20-27)23-25-15-7-2-8-16-25/h1-2,5-8,13-16,26-28H,3-4,9-12,17-23H2,(H,31,32). The van der Waals surface area contributed by atoms with Gasteiger partial charge in [-0.3, -0.25) is 4.79 Å². The van der Waals surface area contributed by atoms with Crippen LogP contribution in [0.3, 0.4) is 0 Å². The Hall–Kier alpha value is -2.09. The number of carboxylic acids is 1. The molecule has 2 fully saturated rings. The van der Waals surface area contributed by atoms with Crippen LogP contribution in [0.25, 0.3) is 0 Å². The van der Waals surface area contributed by atoms with E-state index in [9.17, 15) is 9.90 Å². The number of benzene rings is 2. The summed E-state index contributed by atoms with van der Waals surface area (Å²) in [5.74, 6) is 0.204. The molecule has 4 rings (SSSR count). The van der Waals surface area contributed by atoms with Crippen molar-refractivity contribution in [1.29, 1.82) is 0 Å². The van der Waals surface area contributed by atoms with Gasteiger partial charge in [-0.05, 0) is 73.3 Å². The van der Waals surface area contributed by atoms with E-state index in [0.717, 1.165) is 19.3 Å². The van der Waals surface area contributed by atoms with E-state index < -0.39 is 5.97 Å². The van der Waals surface area contributed by atoms with Crippen molar-refractivity contribution in [2.45, 2.75) is 83.5 Å². The molecule has 32 heavy (non-hydrogen) atoms. The first-order valence-corrected chi connectivity index (χ1v) is 13.0. The van der Waals surface area contributed by atoms with Crippen molar-refractivity contribution >= 4 is 5.97 Å². The molecular weight excluding hydrogens is 392 g/mol. The summed E-state index contributed by atoms with van der Waals surface area (Å²) in [6.45, 7) is 0. The molecule has 0 saturated heterocycles. The summed E-state index contributed by atoms with van der Waals surface area (Å²) in [4.78, 5) is 13.0. The highest BCUT2D eigenvalue weighted by atomic mass is 16.4. The molecule has 1 unspecified atom stereocenters. The van der Waals surface area contributed by atoms with Crippen molar-refractivity contribution in [3.8, 4) is 0 Å². The lowest BCUT2D eigenvalue weighted by Crippen LogP contribution is -2.50. The average Bonchev–Trinajstić information content (AvgIpc) is 2.85. The van der Waals surface area contributed by atoms with Crippen LogP contribution in [0.4, 0.5) is 0 Å². The maximum atomic E-state index is 13.0. The minimum Gasteiger partial charge on any atom is -0.481 e. The van der Waals surface area contributed by atoms with Crippen LogP contribution in [0.15, 0.2) is 60.7 Å². The first-order chi connectivity index (χ1) is 15.7. The number of aryl methyl sites for hydroxylation is 1. The fourth-order valence-electron chi connectivity index (χ4n) is 7.12. The van der Waals surface area contributed by atoms with E-state index in [0.29, 0.717) is 11.8 Å². The van der Waals surface area contributed by atoms with Crippen LogP contribution in [0.5, 0.6) is 0 Å². The Morgan fingerprint density at radius 1 is 0.750 bits per heavy atom. The van der Waals surface area contributed by atoms with Gasteiger partial charge in [0.15, 0.2) is 0 Å². The average molecular weight is 433 g/mol. The molecule has 0 aliphatic heterocycles. The normalized spacial score (nSPS) is 19.5. The van der Waals surface area contributed by atoms with Crippen molar-refractivity contribution in [2.24, 2.45) is 23.2 Å². The molecule has 2 aromatic carbocycles. The molecule has 0 bridgehead atoms. The Labute approximate surface area is 194 Å². The second-order valence-electron chi connectivity index (χ2n) is 10.4. The summed E-state index contributed by atoms with van der Waals surface area (Å²) in [7, 11) is 0. The smallest absolute Gasteiger partial charge is 0.307 e. The third kappa shape index (κ3) is 5.27. The van der Waals surface area contributed by atoms with Crippen molar-refractivity contribution in [3.63, 3.8) is 0 Å². The summed E-state index contributed by atoms with van der Waals surface area (Å²) in [6.07, 6.45) is 15.0. The lowest BCUT2D eigenvalue weighted by molar-refractivity contribution is -0.155. The summed E-state index contributed by atoms with van der Waals surface area (Å²) < 4.78 is 0. The molecule has 2 aromatic rings. The topological polar surface area (TPSA) is 37.3 Å². The van der Waals surface area contributed by atoms with Gasteiger partial charge in [-0.25, -0.2) is 0 Å². The fraction of sp³-hybridized carbons (Fsp3) is 0.567. The Balaban J connectivity index is 1.74. The van der Waals surface area contributed by atoms with Crippen LogP contribution in [-0.4, -0.2) is 11.1 Å². The van der Waals surface area contributed by atoms with Gasteiger partial charge in [0.05, 0.1) is 5.92 Å². The Kier molecular flexibility index (Phi) is 8.05. The molecule has 0 aromatic heterocycles. The third-order valence-corrected chi connectivity index (χ3v) is 8.60. The molecule has 0 amide bonds. The number of carboxylic acid groups (broad SMARTS) is 1. The van der Waals surface area contributed by atoms with Gasteiger partial charge in [0, 0.05) is 0 Å². The lowest BCUT2D eigenvalue weighted by Gasteiger charge is -2.53. The maximum Gasteiger partial charge on any atom is 0.307 e. The summed E-state index contributed by atoms with van der Waals surface area (Å²) >= 11 is 0. The SMILES string of the molecule is O=C(O)C(CCc1ccccc1)C(Cc1ccccc1)(C1CCCCC1)C1CCCCC1. The second-order valence-corrected chi connectivity index (χ2v) is 10.4. The first-order valence-electron chi connectivity index (χ1n) is 13.0. The van der Waals surface area contributed by atoms with Crippen molar-refractivity contribution in [2.75, 3.05) is 0 Å². The van der Waals surface area contributed by atoms with Gasteiger partial charge in [-0.2, -0.15) is 0 Å². The fourth-order valence-corrected chi connectivity index (χ4v) is 7.12. The Morgan fingerprint density at radius 2 is 1.22 bits per heavy atom. The molecule has 0 heterocycles. The third-order valence-electron chi connectivity index (χ3n) is 8.60. The number of hydrogen-bond acceptors (Lipinski definition) is 1. The predicted octanol–water partition coefficient (Wildman–Crippen LogP) is 7.71. The van der Waals surface area contributed by atoms with Gasteiger partial charge in [0.25, 0.3) is 0 Å². The van der Waals surface area contributed by atoms with E-state index in [2.05, 4.69) is 54.6 Å². The van der Waals surface area contributed by atoms with Crippen molar-refractivity contribution in [1.82, 2.24) is 0 Å². The van der Waals surface area contributed by atoms with Gasteiger partial charge in [0.1, 0.15) is 0 Å². The van der Waals surface area contributed by atoms with Gasteiger partial charge in [-0.1, -0.05) is 99.2 Å². The monoisotopic (exact) mass is 432 g/mol. The predicted molar refractivity (Wildman–Crippen MR) is 132 cm³/mol. The van der Waals surface area contributed by atoms with Gasteiger partial charge in [-0.15, -0.1) is 0 Å². The number of hydrogen-bond donors (Lipinski definition) is 1. The van der Waals surface area contributed by atoms with Crippen molar-refractivity contribution < 1.29 is 9.90 Å². The number of rotatable bonds is 9. The molecule has 172 valence electrons. The summed E-state index contributed by atoms with van der Waals surface area (Å²) in [6, 6.07) is 21.3. The molecular formula is C30H40O2. The molecule has 2 nitrogen and oxygen atoms in total. The zero-order chi connectivity index (χ0) is 22.2. The van der Waals surface area contributed by atoms with Crippen LogP contribution in [0.2, 0.25) is 0 Å². The number of carbonyl (C=O) groups is 1. The Morgan fingerprint density at radius 3 is 1.69 bits per heavy atom. The van der Waals surface area contributed by atoms with E-state index in [-0.39, 0.29) is 11.3 Å². The van der Waals surface area contributed by atoms with Crippen LogP contribution >= 0.6 is 0 Å². The highest BCUT2D eigenvalue weighted by molar-refractivity contribution is 5.71. The quantitative estimate of drug-likeness (QED) is 0.440. The van der Waals surface area contributed by atoms with E-state index in [1.807, 2.05) is 6.07 Å². The zero-order valence-corrected chi connectivity index (χ0v) is 19.6. The number of aliphatic carboxylic acids is 1. The zero-order valence-electron chi connectivity index (χ0n) is 19.6. The molecule has 2 heteroatoms. The lowest BCUT2D eigenvalue weighted by atomic mass is 9.51. The van der Waals surface area contributed by atoms with E-state index in [1.165, 1.54) is 75.3 Å². The maximum absolute atomic E-state index is 13.0. The van der Waals surface area contributed by atoms with Gasteiger partial charge < -0.3 is 5.11 Å². The van der Waals surface area contributed by atoms with E-state index in [4.69, 9.17) is 0 Å². The second kappa shape index (κ2) is 11.2. The van der Waals surface area contributed by atoms with Gasteiger partial charge in [0.2, 0.25) is 0 Å². The van der Waals surface area contributed by atoms with Crippen LogP contribution in [-0.2, 0) is 17.6 Å². The molecule has 0 spiro atoms. The Bertz CT molecular complexity index is 798. The molecule has 2 aliphatic rings. The minimum atomic E-state index is -0.562. The van der Waals surface area contributed by atoms with E-state index in [1.54, 1.807) is 0 Å². The highest BCUT2D eigenvalue weighted by Gasteiger charge is 2.52. The molecule has 2 saturated carbocycles. The van der Waals surface area contributed by atoms with Crippen LogP contribution < -0.4 is 0 Å². The summed E-state index contributed by atoms with van der Waals surface area (Å²) in [5, 5.41) is 10.7. The first kappa shape index (κ1) is 23.1. The largest absolute Gasteiger partial charge is 0.481 e.